The molecule has 1 amide bonds. The second-order valence-electron chi connectivity index (χ2n) is 7.56. The van der Waals surface area contributed by atoms with Crippen LogP contribution in [0.3, 0.4) is 0 Å². The molecule has 1 atom stereocenters. The molecule has 0 aliphatic rings. The van der Waals surface area contributed by atoms with Crippen molar-refractivity contribution in [3.63, 3.8) is 0 Å². The maximum absolute atomic E-state index is 12.3. The Kier molecular flexibility index (Phi) is 7.79. The number of hydrogen-bond acceptors (Lipinski definition) is 4. The number of ether oxygens (including phenoxy) is 1. The summed E-state index contributed by atoms with van der Waals surface area (Å²) in [5, 5.41) is 7.33. The highest BCUT2D eigenvalue weighted by molar-refractivity contribution is 5.84. The van der Waals surface area contributed by atoms with Crippen LogP contribution in [-0.2, 0) is 33.7 Å². The summed E-state index contributed by atoms with van der Waals surface area (Å²) >= 11 is 0. The van der Waals surface area contributed by atoms with Gasteiger partial charge >= 0.3 is 5.97 Å². The number of aryl methyl sites for hydroxylation is 1. The number of amides is 1. The molecule has 0 spiro atoms. The Balaban J connectivity index is 1.83. The van der Waals surface area contributed by atoms with Gasteiger partial charge in [0.15, 0.2) is 6.10 Å². The molecule has 28 heavy (non-hydrogen) atoms. The number of carbonyl (C=O) groups is 2. The summed E-state index contributed by atoms with van der Waals surface area (Å²) in [6.45, 7) is 11.0. The summed E-state index contributed by atoms with van der Waals surface area (Å²) in [6.07, 6.45) is 0.0347. The second kappa shape index (κ2) is 10.1. The lowest BCUT2D eigenvalue weighted by Gasteiger charge is -2.14. The first-order chi connectivity index (χ1) is 13.3. The van der Waals surface area contributed by atoms with E-state index in [9.17, 15) is 9.59 Å². The van der Waals surface area contributed by atoms with E-state index in [1.165, 1.54) is 0 Å². The van der Waals surface area contributed by atoms with E-state index in [4.69, 9.17) is 4.74 Å². The molecule has 1 unspecified atom stereocenters. The summed E-state index contributed by atoms with van der Waals surface area (Å²) in [5.41, 5.74) is 3.83. The number of carbonyl (C=O) groups excluding carboxylic acids is 2. The largest absolute Gasteiger partial charge is 0.452 e. The van der Waals surface area contributed by atoms with Gasteiger partial charge in [-0.25, -0.2) is 0 Å². The molecule has 0 saturated carbocycles. The van der Waals surface area contributed by atoms with Crippen molar-refractivity contribution in [2.24, 2.45) is 5.92 Å². The predicted molar refractivity (Wildman–Crippen MR) is 109 cm³/mol. The summed E-state index contributed by atoms with van der Waals surface area (Å²) in [5.74, 6) is -0.230. The topological polar surface area (TPSA) is 73.2 Å². The molecule has 152 valence electrons. The molecule has 1 N–H and O–H groups in total. The van der Waals surface area contributed by atoms with Crippen LogP contribution in [0.25, 0.3) is 0 Å². The zero-order chi connectivity index (χ0) is 20.7. The van der Waals surface area contributed by atoms with Crippen LogP contribution in [0.5, 0.6) is 0 Å². The fraction of sp³-hybridized carbons (Fsp3) is 0.500. The van der Waals surface area contributed by atoms with Crippen LogP contribution in [0.15, 0.2) is 30.3 Å². The smallest absolute Gasteiger partial charge is 0.311 e. The Hall–Kier alpha value is -2.63. The van der Waals surface area contributed by atoms with E-state index in [2.05, 4.69) is 24.3 Å². The van der Waals surface area contributed by atoms with Gasteiger partial charge in [0, 0.05) is 24.3 Å². The first-order valence-corrected chi connectivity index (χ1v) is 9.82. The Labute approximate surface area is 167 Å². The molecular weight excluding hydrogens is 354 g/mol. The molecule has 2 aromatic rings. The number of rotatable bonds is 9. The molecule has 1 aromatic carbocycles. The molecule has 2 rings (SSSR count). The Morgan fingerprint density at radius 2 is 1.82 bits per heavy atom. The van der Waals surface area contributed by atoms with Crippen molar-refractivity contribution in [1.82, 2.24) is 15.1 Å². The first kappa shape index (κ1) is 21.7. The predicted octanol–water partition coefficient (Wildman–Crippen LogP) is 2.99. The van der Waals surface area contributed by atoms with Gasteiger partial charge in [0.1, 0.15) is 0 Å². The summed E-state index contributed by atoms with van der Waals surface area (Å²) in [6, 6.07) is 9.92. The molecular formula is C22H31N3O3. The molecule has 0 radical (unpaired) electrons. The Bertz CT molecular complexity index is 797. The average molecular weight is 386 g/mol. The van der Waals surface area contributed by atoms with Gasteiger partial charge in [0.25, 0.3) is 5.91 Å². The minimum Gasteiger partial charge on any atom is -0.452 e. The van der Waals surface area contributed by atoms with Crippen molar-refractivity contribution < 1.29 is 14.3 Å². The van der Waals surface area contributed by atoms with Gasteiger partial charge in [0.2, 0.25) is 0 Å². The van der Waals surface area contributed by atoms with Crippen molar-refractivity contribution in [2.45, 2.75) is 60.1 Å². The summed E-state index contributed by atoms with van der Waals surface area (Å²) in [4.78, 5) is 24.5. The van der Waals surface area contributed by atoms with Crippen LogP contribution in [0.1, 0.15) is 43.3 Å². The van der Waals surface area contributed by atoms with Crippen LogP contribution < -0.4 is 5.32 Å². The quantitative estimate of drug-likeness (QED) is 0.674. The van der Waals surface area contributed by atoms with Crippen LogP contribution in [-0.4, -0.2) is 34.3 Å². The highest BCUT2D eigenvalue weighted by atomic mass is 16.5. The fourth-order valence-electron chi connectivity index (χ4n) is 3.07. The van der Waals surface area contributed by atoms with Crippen molar-refractivity contribution in [2.75, 3.05) is 6.54 Å². The first-order valence-electron chi connectivity index (χ1n) is 9.82. The van der Waals surface area contributed by atoms with E-state index in [1.54, 1.807) is 6.92 Å². The van der Waals surface area contributed by atoms with Gasteiger partial charge in [-0.15, -0.1) is 0 Å². The van der Waals surface area contributed by atoms with E-state index in [1.807, 2.05) is 48.9 Å². The Morgan fingerprint density at radius 1 is 1.14 bits per heavy atom. The number of nitrogens with zero attached hydrogens (tertiary/aromatic N) is 2. The molecule has 0 fully saturated rings. The highest BCUT2D eigenvalue weighted by Crippen LogP contribution is 2.16. The third-order valence-electron chi connectivity index (χ3n) is 4.62. The van der Waals surface area contributed by atoms with Gasteiger partial charge in [0.05, 0.1) is 12.1 Å². The van der Waals surface area contributed by atoms with Crippen LogP contribution in [0.2, 0.25) is 0 Å². The minimum absolute atomic E-state index is 0.122. The number of benzene rings is 1. The maximum atomic E-state index is 12.3. The van der Waals surface area contributed by atoms with E-state index in [-0.39, 0.29) is 12.3 Å². The monoisotopic (exact) mass is 385 g/mol. The lowest BCUT2D eigenvalue weighted by Crippen LogP contribution is -2.37. The summed E-state index contributed by atoms with van der Waals surface area (Å²) in [7, 11) is 0. The molecule has 0 aliphatic heterocycles. The molecule has 6 nitrogen and oxygen atoms in total. The minimum atomic E-state index is -0.824. The van der Waals surface area contributed by atoms with Crippen LogP contribution in [0, 0.1) is 19.8 Å². The Morgan fingerprint density at radius 3 is 2.46 bits per heavy atom. The van der Waals surface area contributed by atoms with E-state index in [0.717, 1.165) is 35.5 Å². The lowest BCUT2D eigenvalue weighted by molar-refractivity contribution is -0.154. The van der Waals surface area contributed by atoms with Crippen molar-refractivity contribution in [1.29, 1.82) is 0 Å². The maximum Gasteiger partial charge on any atom is 0.311 e. The highest BCUT2D eigenvalue weighted by Gasteiger charge is 2.21. The molecule has 1 heterocycles. The zero-order valence-corrected chi connectivity index (χ0v) is 17.5. The van der Waals surface area contributed by atoms with Crippen molar-refractivity contribution in [3.8, 4) is 0 Å². The van der Waals surface area contributed by atoms with Gasteiger partial charge in [-0.05, 0) is 38.7 Å². The third kappa shape index (κ3) is 6.22. The summed E-state index contributed by atoms with van der Waals surface area (Å²) < 4.78 is 7.26. The normalized spacial score (nSPS) is 12.1. The van der Waals surface area contributed by atoms with Gasteiger partial charge in [-0.3, -0.25) is 14.3 Å². The van der Waals surface area contributed by atoms with Crippen molar-refractivity contribution in [3.05, 3.63) is 52.8 Å². The van der Waals surface area contributed by atoms with Gasteiger partial charge in [-0.2, -0.15) is 5.10 Å². The number of aromatic nitrogens is 2. The molecule has 6 heteroatoms. The van der Waals surface area contributed by atoms with E-state index < -0.39 is 12.1 Å². The molecule has 0 bridgehead atoms. The molecule has 0 aliphatic carbocycles. The lowest BCUT2D eigenvalue weighted by atomic mass is 10.1. The molecule has 0 saturated heterocycles. The number of nitrogens with one attached hydrogen (secondary N) is 1. The second-order valence-corrected chi connectivity index (χ2v) is 7.56. The van der Waals surface area contributed by atoms with Gasteiger partial charge in [-0.1, -0.05) is 44.2 Å². The standard InChI is InChI=1S/C22H31N3O3/c1-15(2)14-25-17(4)20(16(3)24-25)13-21(26)28-18(5)22(27)23-12-11-19-9-7-6-8-10-19/h6-10,15,18H,11-14H2,1-5H3,(H,23,27). The van der Waals surface area contributed by atoms with E-state index in [0.29, 0.717) is 12.5 Å². The third-order valence-corrected chi connectivity index (χ3v) is 4.62. The number of esters is 1. The molecule has 1 aromatic heterocycles. The average Bonchev–Trinajstić information content (AvgIpc) is 2.89. The number of hydrogen-bond donors (Lipinski definition) is 1. The van der Waals surface area contributed by atoms with Crippen molar-refractivity contribution >= 4 is 11.9 Å². The van der Waals surface area contributed by atoms with Crippen LogP contribution in [0.4, 0.5) is 0 Å². The fourth-order valence-corrected chi connectivity index (χ4v) is 3.07. The van der Waals surface area contributed by atoms with Gasteiger partial charge < -0.3 is 10.1 Å². The van der Waals surface area contributed by atoms with E-state index >= 15 is 0 Å². The zero-order valence-electron chi connectivity index (χ0n) is 17.5. The van der Waals surface area contributed by atoms with Crippen LogP contribution >= 0.6 is 0 Å². The SMILES string of the molecule is Cc1nn(CC(C)C)c(C)c1CC(=O)OC(C)C(=O)NCCc1ccccc1.